The van der Waals surface area contributed by atoms with Crippen molar-refractivity contribution in [2.75, 3.05) is 10.7 Å². The average Bonchev–Trinajstić information content (AvgIpc) is 3.60. The largest absolute Gasteiger partial charge is 0.313 e. The summed E-state index contributed by atoms with van der Waals surface area (Å²) in [6, 6.07) is 42.5. The van der Waals surface area contributed by atoms with Crippen molar-refractivity contribution in [1.82, 2.24) is 4.57 Å². The third-order valence-electron chi connectivity index (χ3n) is 11.5. The van der Waals surface area contributed by atoms with E-state index in [1.807, 2.05) is 11.8 Å². The van der Waals surface area contributed by atoms with E-state index in [2.05, 4.69) is 185 Å². The number of nitrogens with zero attached hydrogens (tertiary/aromatic N) is 3. The maximum atomic E-state index is 4.59. The molecule has 0 aliphatic heterocycles. The lowest BCUT2D eigenvalue weighted by Gasteiger charge is -2.27. The second-order valence-electron chi connectivity index (χ2n) is 14.8. The second-order valence-corrected chi connectivity index (χ2v) is 15.9. The Bertz CT molecular complexity index is 2810. The molecule has 6 aromatic carbocycles. The van der Waals surface area contributed by atoms with Crippen molar-refractivity contribution in [2.24, 2.45) is 4.99 Å². The van der Waals surface area contributed by atoms with Crippen LogP contribution >= 0.6 is 11.8 Å². The topological polar surface area (TPSA) is 20.5 Å². The van der Waals surface area contributed by atoms with Crippen LogP contribution in [0.15, 0.2) is 173 Å². The van der Waals surface area contributed by atoms with Gasteiger partial charge in [-0.15, -0.1) is 11.8 Å². The zero-order valence-electron chi connectivity index (χ0n) is 31.5. The highest BCUT2D eigenvalue weighted by atomic mass is 32.2. The van der Waals surface area contributed by atoms with Crippen molar-refractivity contribution in [2.45, 2.75) is 43.4 Å². The van der Waals surface area contributed by atoms with Gasteiger partial charge in [-0.1, -0.05) is 115 Å². The van der Waals surface area contributed by atoms with Crippen LogP contribution < -0.4 is 4.90 Å². The number of thioether (sulfide) groups is 1. The molecular weight excluding hydrogens is 699 g/mol. The van der Waals surface area contributed by atoms with Crippen molar-refractivity contribution in [1.29, 1.82) is 0 Å². The molecule has 1 heterocycles. The molecule has 0 fully saturated rings. The molecule has 3 aliphatic rings. The summed E-state index contributed by atoms with van der Waals surface area (Å²) < 4.78 is 2.52. The number of aromatic nitrogens is 1. The summed E-state index contributed by atoms with van der Waals surface area (Å²) in [5, 5.41) is 6.04. The first-order valence-corrected chi connectivity index (χ1v) is 20.8. The smallest absolute Gasteiger partial charge is 0.0836 e. The van der Waals surface area contributed by atoms with Gasteiger partial charge in [-0.2, -0.15) is 0 Å². The molecule has 0 saturated heterocycles. The summed E-state index contributed by atoms with van der Waals surface area (Å²) in [6.45, 7) is 4.02. The van der Waals surface area contributed by atoms with Crippen molar-refractivity contribution in [3.63, 3.8) is 0 Å². The zero-order valence-corrected chi connectivity index (χ0v) is 32.3. The van der Waals surface area contributed by atoms with E-state index in [0.29, 0.717) is 0 Å². The highest BCUT2D eigenvalue weighted by Gasteiger charge is 2.21. The Labute approximate surface area is 333 Å². The van der Waals surface area contributed by atoms with Crippen molar-refractivity contribution in [3.05, 3.63) is 175 Å². The van der Waals surface area contributed by atoms with Gasteiger partial charge in [-0.05, 0) is 121 Å². The quantitative estimate of drug-likeness (QED) is 0.0834. The van der Waals surface area contributed by atoms with Gasteiger partial charge in [-0.3, -0.25) is 4.99 Å². The maximum absolute atomic E-state index is 4.59. The lowest BCUT2D eigenvalue weighted by molar-refractivity contribution is 0.892. The highest BCUT2D eigenvalue weighted by molar-refractivity contribution is 7.99. The molecule has 0 radical (unpaired) electrons. The van der Waals surface area contributed by atoms with E-state index in [4.69, 9.17) is 0 Å². The molecule has 7 aromatic rings. The summed E-state index contributed by atoms with van der Waals surface area (Å²) in [5.74, 6) is 0.935. The normalized spacial score (nSPS) is 14.9. The van der Waals surface area contributed by atoms with Gasteiger partial charge >= 0.3 is 0 Å². The maximum Gasteiger partial charge on any atom is 0.0836 e. The Morgan fingerprint density at radius 3 is 2.14 bits per heavy atom. The number of aliphatic imine (C=N–C) groups is 1. The van der Waals surface area contributed by atoms with Crippen LogP contribution in [0.1, 0.15) is 43.4 Å². The molecule has 0 atom stereocenters. The predicted molar refractivity (Wildman–Crippen MR) is 243 cm³/mol. The summed E-state index contributed by atoms with van der Waals surface area (Å²) >= 11 is 1.84. The number of para-hydroxylation sites is 1. The first-order valence-electron chi connectivity index (χ1n) is 19.9. The van der Waals surface area contributed by atoms with Crippen molar-refractivity contribution >= 4 is 85.4 Å². The van der Waals surface area contributed by atoms with E-state index >= 15 is 0 Å². The fraction of sp³-hybridized carbons (Fsp3) is 0.135. The average molecular weight is 742 g/mol. The Hall–Kier alpha value is -6.10. The summed E-state index contributed by atoms with van der Waals surface area (Å²) in [7, 11) is 0. The number of hydrogen-bond donors (Lipinski definition) is 0. The van der Waals surface area contributed by atoms with Crippen molar-refractivity contribution in [3.8, 4) is 11.1 Å². The number of allylic oxidation sites excluding steroid dienone is 8. The van der Waals surface area contributed by atoms with Gasteiger partial charge in [0.05, 0.1) is 16.9 Å². The molecule has 0 N–H and O–H groups in total. The lowest BCUT2D eigenvalue weighted by atomic mass is 9.98. The number of anilines is 3. The standard InChI is InChI=1S/C52H43N3S/c1-53-52-47-31-30-45-42(43(47)32-33-51(52)56-35-36-14-5-2-6-15-36)21-13-23-48(45)54(39-16-7-3-8-17-39)41-27-24-37(25-28-41)38-26-29-46-44-20-11-12-22-49(44)55(50(46)34-38)40-18-9-4-10-19-40/h3,5,7-9,11,13-21,23-34H,1-2,4,6,10,12,22,35H2. The van der Waals surface area contributed by atoms with E-state index < -0.39 is 0 Å². The Kier molecular flexibility index (Phi) is 9.13. The number of rotatable bonds is 9. The minimum Gasteiger partial charge on any atom is -0.313 e. The van der Waals surface area contributed by atoms with Crippen LogP contribution in [-0.4, -0.2) is 17.0 Å². The van der Waals surface area contributed by atoms with Crippen LogP contribution in [0.5, 0.6) is 0 Å². The molecule has 272 valence electrons. The minimum atomic E-state index is 0.935. The summed E-state index contributed by atoms with van der Waals surface area (Å²) in [4.78, 5) is 8.14. The van der Waals surface area contributed by atoms with Gasteiger partial charge in [-0.25, -0.2) is 0 Å². The molecule has 0 unspecified atom stereocenters. The molecular formula is C52H43N3S. The van der Waals surface area contributed by atoms with E-state index in [9.17, 15) is 0 Å². The van der Waals surface area contributed by atoms with E-state index in [1.54, 1.807) is 0 Å². The fourth-order valence-electron chi connectivity index (χ4n) is 8.80. The molecule has 3 nitrogen and oxygen atoms in total. The second kappa shape index (κ2) is 14.9. The molecule has 0 amide bonds. The lowest BCUT2D eigenvalue weighted by Crippen LogP contribution is -2.10. The Balaban J connectivity index is 1.04. The molecule has 0 spiro atoms. The Morgan fingerprint density at radius 2 is 1.34 bits per heavy atom. The van der Waals surface area contributed by atoms with Crippen molar-refractivity contribution < 1.29 is 0 Å². The van der Waals surface area contributed by atoms with Crippen LogP contribution in [0.25, 0.3) is 55.3 Å². The fourth-order valence-corrected chi connectivity index (χ4v) is 9.81. The van der Waals surface area contributed by atoms with Gasteiger partial charge in [0.25, 0.3) is 0 Å². The first-order chi connectivity index (χ1) is 27.7. The third kappa shape index (κ3) is 6.15. The number of benzene rings is 6. The van der Waals surface area contributed by atoms with Crippen LogP contribution in [0.4, 0.5) is 22.7 Å². The van der Waals surface area contributed by atoms with E-state index in [-0.39, 0.29) is 0 Å². The van der Waals surface area contributed by atoms with Crippen LogP contribution in [0.2, 0.25) is 0 Å². The number of hydrogen-bond acceptors (Lipinski definition) is 3. The minimum absolute atomic E-state index is 0.935. The zero-order chi connectivity index (χ0) is 37.4. The van der Waals surface area contributed by atoms with Crippen LogP contribution in [0.3, 0.4) is 0 Å². The van der Waals surface area contributed by atoms with Crippen LogP contribution in [0, 0.1) is 0 Å². The van der Waals surface area contributed by atoms with E-state index in [1.165, 1.54) is 65.6 Å². The Morgan fingerprint density at radius 1 is 0.607 bits per heavy atom. The molecule has 3 aliphatic carbocycles. The van der Waals surface area contributed by atoms with Gasteiger partial charge in [0.1, 0.15) is 0 Å². The molecule has 1 aromatic heterocycles. The van der Waals surface area contributed by atoms with Gasteiger partial charge in [0, 0.05) is 55.1 Å². The summed E-state index contributed by atoms with van der Waals surface area (Å²) in [6.07, 6.45) is 25.2. The van der Waals surface area contributed by atoms with Gasteiger partial charge in [0.2, 0.25) is 0 Å². The van der Waals surface area contributed by atoms with Gasteiger partial charge in [0.15, 0.2) is 0 Å². The van der Waals surface area contributed by atoms with E-state index in [0.717, 1.165) is 72.4 Å². The summed E-state index contributed by atoms with van der Waals surface area (Å²) in [5.41, 5.74) is 13.5. The number of fused-ring (bicyclic) bond motifs is 6. The molecule has 10 rings (SSSR count). The first kappa shape index (κ1) is 34.4. The molecule has 4 heteroatoms. The molecule has 0 saturated carbocycles. The van der Waals surface area contributed by atoms with Gasteiger partial charge < -0.3 is 9.47 Å². The monoisotopic (exact) mass is 741 g/mol. The third-order valence-corrected chi connectivity index (χ3v) is 12.6. The van der Waals surface area contributed by atoms with Crippen LogP contribution in [-0.2, 0) is 6.42 Å². The predicted octanol–water partition coefficient (Wildman–Crippen LogP) is 14.9. The molecule has 56 heavy (non-hydrogen) atoms. The highest BCUT2D eigenvalue weighted by Crippen LogP contribution is 2.45. The SMILES string of the molecule is C=Nc1c(SCC2=CCCC=C2)ccc2c1ccc1c(N(c3ccccc3)c3ccc(-c4ccc5c6c(n(C7=CCCC=C7)c5c4)CCC=C6)cc3)cccc12. The molecule has 0 bridgehead atoms.